The minimum Gasteiger partial charge on any atom is -0.484 e. The van der Waals surface area contributed by atoms with Crippen molar-refractivity contribution in [2.75, 3.05) is 11.9 Å². The quantitative estimate of drug-likeness (QED) is 0.886. The molecule has 1 rings (SSSR count). The van der Waals surface area contributed by atoms with Crippen molar-refractivity contribution in [3.63, 3.8) is 0 Å². The number of benzene rings is 1. The van der Waals surface area contributed by atoms with Crippen LogP contribution in [-0.4, -0.2) is 24.7 Å². The summed E-state index contributed by atoms with van der Waals surface area (Å²) >= 11 is 0. The molecule has 1 aromatic rings. The van der Waals surface area contributed by atoms with Crippen molar-refractivity contribution in [1.29, 1.82) is 0 Å². The van der Waals surface area contributed by atoms with E-state index in [1.165, 1.54) is 19.1 Å². The highest BCUT2D eigenvalue weighted by Gasteiger charge is 2.28. The second-order valence-corrected chi connectivity index (χ2v) is 4.11. The van der Waals surface area contributed by atoms with Gasteiger partial charge >= 0.3 is 6.18 Å². The van der Waals surface area contributed by atoms with Crippen LogP contribution in [0.25, 0.3) is 0 Å². The number of hydrogen-bond acceptors (Lipinski definition) is 3. The Kier molecular flexibility index (Phi) is 4.77. The van der Waals surface area contributed by atoms with E-state index in [-0.39, 0.29) is 5.75 Å². The lowest BCUT2D eigenvalue weighted by Gasteiger charge is -2.15. The fraction of sp³-hybridized carbons (Fsp3) is 0.417. The molecule has 0 aromatic heterocycles. The summed E-state index contributed by atoms with van der Waals surface area (Å²) in [5, 5.41) is 2.52. The van der Waals surface area contributed by atoms with Crippen LogP contribution >= 0.6 is 0 Å². The van der Waals surface area contributed by atoms with Crippen LogP contribution < -0.4 is 15.8 Å². The SMILES string of the molecule is Cc1c(NC(=O)[C@H](C)N)cccc1OCC(F)(F)F. The Hall–Kier alpha value is -1.76. The van der Waals surface area contributed by atoms with Gasteiger partial charge in [-0.05, 0) is 26.0 Å². The molecule has 0 aliphatic heterocycles. The van der Waals surface area contributed by atoms with Gasteiger partial charge in [-0.15, -0.1) is 0 Å². The van der Waals surface area contributed by atoms with Crippen molar-refractivity contribution in [3.05, 3.63) is 23.8 Å². The summed E-state index contributed by atoms with van der Waals surface area (Å²) in [6, 6.07) is 3.76. The Morgan fingerprint density at radius 2 is 2.11 bits per heavy atom. The molecule has 0 saturated heterocycles. The van der Waals surface area contributed by atoms with E-state index in [0.717, 1.165) is 0 Å². The molecule has 0 radical (unpaired) electrons. The number of carbonyl (C=O) groups is 1. The normalized spacial score (nSPS) is 12.9. The molecule has 4 nitrogen and oxygen atoms in total. The summed E-state index contributed by atoms with van der Waals surface area (Å²) in [4.78, 5) is 11.4. The van der Waals surface area contributed by atoms with Crippen molar-refractivity contribution in [3.8, 4) is 5.75 Å². The fourth-order valence-corrected chi connectivity index (χ4v) is 1.31. The third kappa shape index (κ3) is 4.78. The van der Waals surface area contributed by atoms with Crippen LogP contribution in [0, 0.1) is 6.92 Å². The van der Waals surface area contributed by atoms with Crippen LogP contribution in [0.1, 0.15) is 12.5 Å². The van der Waals surface area contributed by atoms with Gasteiger partial charge in [-0.3, -0.25) is 4.79 Å². The zero-order valence-corrected chi connectivity index (χ0v) is 10.5. The molecule has 3 N–H and O–H groups in total. The van der Waals surface area contributed by atoms with Crippen molar-refractivity contribution < 1.29 is 22.7 Å². The van der Waals surface area contributed by atoms with Crippen LogP contribution in [0.2, 0.25) is 0 Å². The molecular weight excluding hydrogens is 261 g/mol. The highest BCUT2D eigenvalue weighted by molar-refractivity contribution is 5.95. The molecule has 0 aliphatic carbocycles. The molecule has 0 fully saturated rings. The maximum atomic E-state index is 12.1. The molecule has 106 valence electrons. The van der Waals surface area contributed by atoms with Gasteiger partial charge in [-0.1, -0.05) is 6.07 Å². The number of hydrogen-bond donors (Lipinski definition) is 2. The van der Waals surface area contributed by atoms with E-state index in [1.807, 2.05) is 0 Å². The largest absolute Gasteiger partial charge is 0.484 e. The molecule has 0 heterocycles. The molecule has 19 heavy (non-hydrogen) atoms. The van der Waals surface area contributed by atoms with Crippen molar-refractivity contribution >= 4 is 11.6 Å². The topological polar surface area (TPSA) is 64.4 Å². The molecular formula is C12H15F3N2O2. The van der Waals surface area contributed by atoms with Gasteiger partial charge in [0.25, 0.3) is 0 Å². The summed E-state index contributed by atoms with van der Waals surface area (Å²) in [5.41, 5.74) is 6.19. The lowest BCUT2D eigenvalue weighted by atomic mass is 10.1. The summed E-state index contributed by atoms with van der Waals surface area (Å²) in [6.07, 6.45) is -4.41. The van der Waals surface area contributed by atoms with Gasteiger partial charge in [-0.2, -0.15) is 13.2 Å². The Bertz CT molecular complexity index is 459. The molecule has 1 amide bonds. The smallest absolute Gasteiger partial charge is 0.422 e. The Morgan fingerprint density at radius 3 is 2.63 bits per heavy atom. The minimum absolute atomic E-state index is 0.0693. The second-order valence-electron chi connectivity index (χ2n) is 4.11. The fourth-order valence-electron chi connectivity index (χ4n) is 1.31. The molecule has 0 saturated carbocycles. The van der Waals surface area contributed by atoms with Gasteiger partial charge < -0.3 is 15.8 Å². The number of carbonyl (C=O) groups excluding carboxylic acids is 1. The molecule has 7 heteroatoms. The summed E-state index contributed by atoms with van der Waals surface area (Å²) < 4.78 is 40.9. The number of halogens is 3. The van der Waals surface area contributed by atoms with Crippen molar-refractivity contribution in [2.24, 2.45) is 5.73 Å². The van der Waals surface area contributed by atoms with Gasteiger partial charge in [0.15, 0.2) is 6.61 Å². The zero-order valence-electron chi connectivity index (χ0n) is 10.5. The molecule has 0 aliphatic rings. The van der Waals surface area contributed by atoms with E-state index in [1.54, 1.807) is 13.0 Å². The monoisotopic (exact) mass is 276 g/mol. The summed E-state index contributed by atoms with van der Waals surface area (Å²) in [6.45, 7) is 1.69. The van der Waals surface area contributed by atoms with Crippen LogP contribution in [0.5, 0.6) is 5.75 Å². The van der Waals surface area contributed by atoms with E-state index in [2.05, 4.69) is 10.1 Å². The van der Waals surface area contributed by atoms with Gasteiger partial charge in [-0.25, -0.2) is 0 Å². The van der Waals surface area contributed by atoms with Crippen LogP contribution in [-0.2, 0) is 4.79 Å². The van der Waals surface area contributed by atoms with Crippen LogP contribution in [0.3, 0.4) is 0 Å². The zero-order chi connectivity index (χ0) is 14.6. The highest BCUT2D eigenvalue weighted by Crippen LogP contribution is 2.27. The number of nitrogens with two attached hydrogens (primary N) is 1. The minimum atomic E-state index is -4.41. The van der Waals surface area contributed by atoms with E-state index in [0.29, 0.717) is 11.3 Å². The average Bonchev–Trinajstić information content (AvgIpc) is 2.28. The summed E-state index contributed by atoms with van der Waals surface area (Å²) in [7, 11) is 0. The van der Waals surface area contributed by atoms with Crippen molar-refractivity contribution in [1.82, 2.24) is 0 Å². The van der Waals surface area contributed by atoms with Gasteiger partial charge in [0.05, 0.1) is 6.04 Å². The van der Waals surface area contributed by atoms with Crippen LogP contribution in [0.4, 0.5) is 18.9 Å². The average molecular weight is 276 g/mol. The predicted octanol–water partition coefficient (Wildman–Crippen LogP) is 2.22. The number of amides is 1. The van der Waals surface area contributed by atoms with Crippen LogP contribution in [0.15, 0.2) is 18.2 Å². The lowest BCUT2D eigenvalue weighted by Crippen LogP contribution is -2.32. The first-order valence-corrected chi connectivity index (χ1v) is 5.56. The number of ether oxygens (including phenoxy) is 1. The molecule has 0 spiro atoms. The van der Waals surface area contributed by atoms with Gasteiger partial charge in [0.2, 0.25) is 5.91 Å². The molecule has 0 bridgehead atoms. The first kappa shape index (κ1) is 15.3. The molecule has 0 unspecified atom stereocenters. The predicted molar refractivity (Wildman–Crippen MR) is 65.0 cm³/mol. The molecule has 1 atom stereocenters. The second kappa shape index (κ2) is 5.92. The maximum Gasteiger partial charge on any atom is 0.422 e. The van der Waals surface area contributed by atoms with E-state index >= 15 is 0 Å². The highest BCUT2D eigenvalue weighted by atomic mass is 19.4. The maximum absolute atomic E-state index is 12.1. The van der Waals surface area contributed by atoms with E-state index in [9.17, 15) is 18.0 Å². The number of nitrogens with one attached hydrogen (secondary N) is 1. The van der Waals surface area contributed by atoms with Gasteiger partial charge in [0.1, 0.15) is 5.75 Å². The Balaban J connectivity index is 2.83. The van der Waals surface area contributed by atoms with E-state index < -0.39 is 24.7 Å². The standard InChI is InChI=1S/C12H15F3N2O2/c1-7-9(17-11(18)8(2)16)4-3-5-10(7)19-6-12(13,14)15/h3-5,8H,6,16H2,1-2H3,(H,17,18)/t8-/m0/s1. The van der Waals surface area contributed by atoms with Crippen molar-refractivity contribution in [2.45, 2.75) is 26.1 Å². The summed E-state index contributed by atoms with van der Waals surface area (Å²) in [5.74, 6) is -0.351. The van der Waals surface area contributed by atoms with E-state index in [4.69, 9.17) is 5.73 Å². The third-order valence-corrected chi connectivity index (χ3v) is 2.35. The number of anilines is 1. The molecule has 1 aromatic carbocycles. The first-order chi connectivity index (χ1) is 8.70. The van der Waals surface area contributed by atoms with Gasteiger partial charge in [0, 0.05) is 11.3 Å². The number of rotatable bonds is 4. The Labute approximate surface area is 108 Å². The third-order valence-electron chi connectivity index (χ3n) is 2.35. The lowest BCUT2D eigenvalue weighted by molar-refractivity contribution is -0.153. The first-order valence-electron chi connectivity index (χ1n) is 5.56. The number of alkyl halides is 3. The Morgan fingerprint density at radius 1 is 1.47 bits per heavy atom.